The Morgan fingerprint density at radius 3 is 2.44 bits per heavy atom. The summed E-state index contributed by atoms with van der Waals surface area (Å²) in [5, 5.41) is 0. The van der Waals surface area contributed by atoms with Crippen LogP contribution < -0.4 is 5.73 Å². The highest BCUT2D eigenvalue weighted by molar-refractivity contribution is 4.80. The summed E-state index contributed by atoms with van der Waals surface area (Å²) < 4.78 is 0. The van der Waals surface area contributed by atoms with Crippen LogP contribution in [0.5, 0.6) is 0 Å². The van der Waals surface area contributed by atoms with Gasteiger partial charge in [-0.1, -0.05) is 20.3 Å². The predicted octanol–water partition coefficient (Wildman–Crippen LogP) is 1.39. The standard InChI is InChI=1S/C13H29N3/c1-5-11(2)13(14)10-16(4)12-6-8-15(3)9-7-12/h11-13H,5-10,14H2,1-4H3/t11-,13-/m0/s1. The molecule has 16 heavy (non-hydrogen) atoms. The molecule has 0 aromatic heterocycles. The molecule has 0 saturated carbocycles. The predicted molar refractivity (Wildman–Crippen MR) is 70.6 cm³/mol. The molecule has 0 aromatic rings. The number of piperidine rings is 1. The van der Waals surface area contributed by atoms with Crippen molar-refractivity contribution >= 4 is 0 Å². The molecule has 0 spiro atoms. The normalized spacial score (nSPS) is 23.6. The fourth-order valence-electron chi connectivity index (χ4n) is 2.40. The summed E-state index contributed by atoms with van der Waals surface area (Å²) in [6, 6.07) is 1.07. The zero-order valence-corrected chi connectivity index (χ0v) is 11.4. The Bertz CT molecular complexity index is 188. The Morgan fingerprint density at radius 1 is 1.38 bits per heavy atom. The lowest BCUT2D eigenvalue weighted by Gasteiger charge is -2.37. The smallest absolute Gasteiger partial charge is 0.0193 e. The molecule has 0 unspecified atom stereocenters. The molecule has 1 saturated heterocycles. The van der Waals surface area contributed by atoms with Crippen molar-refractivity contribution in [3.63, 3.8) is 0 Å². The molecule has 3 nitrogen and oxygen atoms in total. The molecule has 1 aliphatic heterocycles. The van der Waals surface area contributed by atoms with E-state index in [1.54, 1.807) is 0 Å². The van der Waals surface area contributed by atoms with Gasteiger partial charge in [-0.05, 0) is 45.9 Å². The Hall–Kier alpha value is -0.120. The Balaban J connectivity index is 2.31. The van der Waals surface area contributed by atoms with Crippen LogP contribution in [0.2, 0.25) is 0 Å². The molecular weight excluding hydrogens is 198 g/mol. The van der Waals surface area contributed by atoms with Crippen LogP contribution in [0.4, 0.5) is 0 Å². The number of rotatable bonds is 5. The van der Waals surface area contributed by atoms with Crippen LogP contribution >= 0.6 is 0 Å². The van der Waals surface area contributed by atoms with Gasteiger partial charge in [-0.15, -0.1) is 0 Å². The van der Waals surface area contributed by atoms with Crippen molar-refractivity contribution in [2.75, 3.05) is 33.7 Å². The minimum absolute atomic E-state index is 0.328. The highest BCUT2D eigenvalue weighted by Crippen LogP contribution is 2.15. The van der Waals surface area contributed by atoms with E-state index in [0.29, 0.717) is 12.0 Å². The maximum absolute atomic E-state index is 6.21. The molecule has 2 atom stereocenters. The zero-order valence-electron chi connectivity index (χ0n) is 11.4. The average molecular weight is 227 g/mol. The molecular formula is C13H29N3. The molecule has 2 N–H and O–H groups in total. The van der Waals surface area contributed by atoms with Crippen LogP contribution in [-0.4, -0.2) is 55.6 Å². The first-order chi connectivity index (χ1) is 7.54. The lowest BCUT2D eigenvalue weighted by molar-refractivity contribution is 0.132. The van der Waals surface area contributed by atoms with E-state index >= 15 is 0 Å². The third-order valence-corrected chi connectivity index (χ3v) is 4.19. The fourth-order valence-corrected chi connectivity index (χ4v) is 2.40. The molecule has 1 rings (SSSR count). The van der Waals surface area contributed by atoms with Crippen molar-refractivity contribution < 1.29 is 0 Å². The summed E-state index contributed by atoms with van der Waals surface area (Å²) in [6.07, 6.45) is 3.77. The van der Waals surface area contributed by atoms with Crippen molar-refractivity contribution in [1.29, 1.82) is 0 Å². The van der Waals surface area contributed by atoms with Crippen LogP contribution in [0.3, 0.4) is 0 Å². The van der Waals surface area contributed by atoms with Crippen molar-refractivity contribution in [2.24, 2.45) is 11.7 Å². The average Bonchev–Trinajstić information content (AvgIpc) is 2.28. The number of nitrogens with two attached hydrogens (primary N) is 1. The van der Waals surface area contributed by atoms with Crippen molar-refractivity contribution in [3.05, 3.63) is 0 Å². The summed E-state index contributed by atoms with van der Waals surface area (Å²) >= 11 is 0. The Labute approximate surface area is 101 Å². The number of hydrogen-bond acceptors (Lipinski definition) is 3. The van der Waals surface area contributed by atoms with E-state index < -0.39 is 0 Å². The maximum Gasteiger partial charge on any atom is 0.0193 e. The van der Waals surface area contributed by atoms with Gasteiger partial charge in [-0.2, -0.15) is 0 Å². The van der Waals surface area contributed by atoms with E-state index in [4.69, 9.17) is 5.73 Å². The van der Waals surface area contributed by atoms with E-state index in [1.165, 1.54) is 32.4 Å². The van der Waals surface area contributed by atoms with Gasteiger partial charge in [0.2, 0.25) is 0 Å². The third-order valence-electron chi connectivity index (χ3n) is 4.19. The van der Waals surface area contributed by atoms with Crippen molar-refractivity contribution in [3.8, 4) is 0 Å². The first-order valence-corrected chi connectivity index (χ1v) is 6.69. The van der Waals surface area contributed by atoms with Gasteiger partial charge < -0.3 is 15.5 Å². The quantitative estimate of drug-likeness (QED) is 0.770. The molecule has 1 fully saturated rings. The molecule has 0 radical (unpaired) electrons. The molecule has 0 aliphatic carbocycles. The second-order valence-electron chi connectivity index (χ2n) is 5.52. The number of likely N-dealkylation sites (N-methyl/N-ethyl adjacent to an activating group) is 1. The van der Waals surface area contributed by atoms with Gasteiger partial charge >= 0.3 is 0 Å². The molecule has 3 heteroatoms. The summed E-state index contributed by atoms with van der Waals surface area (Å²) in [4.78, 5) is 4.89. The zero-order chi connectivity index (χ0) is 12.1. The van der Waals surface area contributed by atoms with Crippen LogP contribution in [-0.2, 0) is 0 Å². The van der Waals surface area contributed by atoms with Gasteiger partial charge in [0.15, 0.2) is 0 Å². The van der Waals surface area contributed by atoms with Crippen molar-refractivity contribution in [1.82, 2.24) is 9.80 Å². The SMILES string of the molecule is CC[C@H](C)[C@@H](N)CN(C)C1CCN(C)CC1. The maximum atomic E-state index is 6.21. The summed E-state index contributed by atoms with van der Waals surface area (Å²) in [6.45, 7) is 7.98. The number of hydrogen-bond donors (Lipinski definition) is 1. The van der Waals surface area contributed by atoms with E-state index in [9.17, 15) is 0 Å². The lowest BCUT2D eigenvalue weighted by atomic mass is 9.97. The van der Waals surface area contributed by atoms with Gasteiger partial charge in [0.05, 0.1) is 0 Å². The number of likely N-dealkylation sites (tertiary alicyclic amines) is 1. The van der Waals surface area contributed by atoms with Gasteiger partial charge in [0.25, 0.3) is 0 Å². The molecule has 0 bridgehead atoms. The van der Waals surface area contributed by atoms with Gasteiger partial charge in [-0.25, -0.2) is 0 Å². The van der Waals surface area contributed by atoms with Gasteiger partial charge in [-0.3, -0.25) is 0 Å². The Kier molecular flexibility index (Phi) is 5.73. The van der Waals surface area contributed by atoms with E-state index in [2.05, 4.69) is 37.7 Å². The number of nitrogens with zero attached hydrogens (tertiary/aromatic N) is 2. The monoisotopic (exact) mass is 227 g/mol. The molecule has 0 amide bonds. The lowest BCUT2D eigenvalue weighted by Crippen LogP contribution is -2.47. The third kappa shape index (κ3) is 4.04. The van der Waals surface area contributed by atoms with Crippen LogP contribution in [0.1, 0.15) is 33.1 Å². The first kappa shape index (κ1) is 13.9. The second-order valence-corrected chi connectivity index (χ2v) is 5.52. The van der Waals surface area contributed by atoms with Gasteiger partial charge in [0, 0.05) is 18.6 Å². The van der Waals surface area contributed by atoms with Gasteiger partial charge in [0.1, 0.15) is 0 Å². The first-order valence-electron chi connectivity index (χ1n) is 6.69. The molecule has 1 heterocycles. The summed E-state index contributed by atoms with van der Waals surface area (Å²) in [7, 11) is 4.44. The minimum Gasteiger partial charge on any atom is -0.326 e. The highest BCUT2D eigenvalue weighted by Gasteiger charge is 2.22. The van der Waals surface area contributed by atoms with Crippen LogP contribution in [0, 0.1) is 5.92 Å². The van der Waals surface area contributed by atoms with Crippen molar-refractivity contribution in [2.45, 2.75) is 45.2 Å². The minimum atomic E-state index is 0.328. The van der Waals surface area contributed by atoms with E-state index in [-0.39, 0.29) is 0 Å². The van der Waals surface area contributed by atoms with E-state index in [0.717, 1.165) is 12.6 Å². The topological polar surface area (TPSA) is 32.5 Å². The highest BCUT2D eigenvalue weighted by atomic mass is 15.2. The largest absolute Gasteiger partial charge is 0.326 e. The molecule has 1 aliphatic rings. The Morgan fingerprint density at radius 2 is 1.94 bits per heavy atom. The van der Waals surface area contributed by atoms with E-state index in [1.807, 2.05) is 0 Å². The van der Waals surface area contributed by atoms with Crippen LogP contribution in [0.25, 0.3) is 0 Å². The fraction of sp³-hybridized carbons (Fsp3) is 1.00. The summed E-state index contributed by atoms with van der Waals surface area (Å²) in [5.41, 5.74) is 6.21. The molecule has 0 aromatic carbocycles. The van der Waals surface area contributed by atoms with Crippen LogP contribution in [0.15, 0.2) is 0 Å². The molecule has 96 valence electrons. The second kappa shape index (κ2) is 6.58. The summed E-state index contributed by atoms with van der Waals surface area (Å²) in [5.74, 6) is 0.633.